The maximum Gasteiger partial charge on any atom is 0.303 e. The number of benzene rings is 1. The van der Waals surface area contributed by atoms with E-state index in [0.717, 1.165) is 20.8 Å². The van der Waals surface area contributed by atoms with Crippen LogP contribution >= 0.6 is 15.9 Å². The van der Waals surface area contributed by atoms with E-state index in [1.807, 2.05) is 0 Å². The number of hydrogen-bond acceptors (Lipinski definition) is 11. The number of aromatic hydroxyl groups is 1. The molecule has 0 aromatic heterocycles. The second-order valence-corrected chi connectivity index (χ2v) is 7.71. The lowest BCUT2D eigenvalue weighted by molar-refractivity contribution is -0.288. The highest BCUT2D eigenvalue weighted by molar-refractivity contribution is 9.10. The molecule has 32 heavy (non-hydrogen) atoms. The minimum absolute atomic E-state index is 0.0332. The third-order valence-electron chi connectivity index (χ3n) is 4.11. The van der Waals surface area contributed by atoms with Gasteiger partial charge in [0.1, 0.15) is 12.7 Å². The average Bonchev–Trinajstić information content (AvgIpc) is 2.65. The van der Waals surface area contributed by atoms with Gasteiger partial charge in [0.25, 0.3) is 0 Å². The number of hydrogen-bond donors (Lipinski definition) is 1. The third kappa shape index (κ3) is 7.09. The number of esters is 4. The summed E-state index contributed by atoms with van der Waals surface area (Å²) >= 11 is 3.21. The van der Waals surface area contributed by atoms with Crippen LogP contribution in [0, 0.1) is 0 Å². The van der Waals surface area contributed by atoms with E-state index in [4.69, 9.17) is 28.4 Å². The minimum Gasteiger partial charge on any atom is -0.504 e. The van der Waals surface area contributed by atoms with Crippen LogP contribution in [0.5, 0.6) is 11.5 Å². The van der Waals surface area contributed by atoms with Gasteiger partial charge in [-0.05, 0) is 18.2 Å². The Morgan fingerprint density at radius 2 is 1.47 bits per heavy atom. The normalized spacial score (nSPS) is 24.7. The van der Waals surface area contributed by atoms with E-state index in [0.29, 0.717) is 4.47 Å². The van der Waals surface area contributed by atoms with Crippen molar-refractivity contribution in [2.24, 2.45) is 0 Å². The van der Waals surface area contributed by atoms with Gasteiger partial charge in [-0.2, -0.15) is 0 Å². The van der Waals surface area contributed by atoms with Gasteiger partial charge in [0, 0.05) is 32.2 Å². The van der Waals surface area contributed by atoms with Crippen LogP contribution in [0.4, 0.5) is 0 Å². The molecular formula is C20H23BrO11. The molecule has 5 atom stereocenters. The molecule has 1 heterocycles. The maximum atomic E-state index is 11.8. The molecule has 0 radical (unpaired) electrons. The molecule has 1 aromatic rings. The smallest absolute Gasteiger partial charge is 0.303 e. The monoisotopic (exact) mass is 518 g/mol. The molecule has 0 amide bonds. The molecule has 1 aromatic carbocycles. The molecule has 1 fully saturated rings. The Morgan fingerprint density at radius 3 is 2.00 bits per heavy atom. The van der Waals surface area contributed by atoms with E-state index in [2.05, 4.69) is 15.9 Å². The standard InChI is InChI=1S/C20H23BrO11/c1-9(22)27-8-16-17(28-10(2)23)18(29-11(3)24)19(30-12(4)25)20(32-16)31-15-6-5-13(21)7-14(15)26/h5-7,16-20,26H,8H2,1-4H3. The Hall–Kier alpha value is -2.86. The number of ether oxygens (including phenoxy) is 6. The van der Waals surface area contributed by atoms with Gasteiger partial charge in [-0.25, -0.2) is 0 Å². The van der Waals surface area contributed by atoms with Crippen LogP contribution in [0.2, 0.25) is 0 Å². The number of rotatable bonds is 7. The summed E-state index contributed by atoms with van der Waals surface area (Å²) in [7, 11) is 0. The van der Waals surface area contributed by atoms with E-state index >= 15 is 0 Å². The summed E-state index contributed by atoms with van der Waals surface area (Å²) in [5, 5.41) is 10.2. The molecule has 0 spiro atoms. The van der Waals surface area contributed by atoms with Gasteiger partial charge in [0.2, 0.25) is 12.4 Å². The van der Waals surface area contributed by atoms with Crippen molar-refractivity contribution >= 4 is 39.8 Å². The van der Waals surface area contributed by atoms with Gasteiger partial charge in [0.05, 0.1) is 0 Å². The Bertz CT molecular complexity index is 871. The summed E-state index contributed by atoms with van der Waals surface area (Å²) in [4.78, 5) is 46.6. The van der Waals surface area contributed by atoms with Crippen LogP contribution in [0.3, 0.4) is 0 Å². The fraction of sp³-hybridized carbons (Fsp3) is 0.500. The molecule has 176 valence electrons. The molecular weight excluding hydrogens is 496 g/mol. The van der Waals surface area contributed by atoms with Crippen molar-refractivity contribution in [1.82, 2.24) is 0 Å². The summed E-state index contributed by atoms with van der Waals surface area (Å²) < 4.78 is 32.9. The molecule has 11 nitrogen and oxygen atoms in total. The molecule has 1 aliphatic rings. The molecule has 0 saturated carbocycles. The quantitative estimate of drug-likeness (QED) is 0.415. The zero-order valence-corrected chi connectivity index (χ0v) is 19.3. The number of carbonyl (C=O) groups excluding carboxylic acids is 4. The summed E-state index contributed by atoms with van der Waals surface area (Å²) in [6.07, 6.45) is -6.63. The van der Waals surface area contributed by atoms with Gasteiger partial charge in [0.15, 0.2) is 23.7 Å². The number of carbonyl (C=O) groups is 4. The van der Waals surface area contributed by atoms with Crippen LogP contribution in [-0.4, -0.2) is 66.3 Å². The molecule has 2 rings (SSSR count). The Labute approximate surface area is 192 Å². The van der Waals surface area contributed by atoms with Crippen molar-refractivity contribution < 1.29 is 52.7 Å². The predicted octanol–water partition coefficient (Wildman–Crippen LogP) is 1.62. The fourth-order valence-corrected chi connectivity index (χ4v) is 3.35. The summed E-state index contributed by atoms with van der Waals surface area (Å²) in [5.41, 5.74) is 0. The van der Waals surface area contributed by atoms with Crippen molar-refractivity contribution in [2.45, 2.75) is 58.4 Å². The fourth-order valence-electron chi connectivity index (χ4n) is 3.00. The minimum atomic E-state index is -1.43. The van der Waals surface area contributed by atoms with E-state index < -0.39 is 54.6 Å². The van der Waals surface area contributed by atoms with Crippen molar-refractivity contribution in [2.75, 3.05) is 6.61 Å². The van der Waals surface area contributed by atoms with Crippen molar-refractivity contribution in [3.63, 3.8) is 0 Å². The summed E-state index contributed by atoms with van der Waals surface area (Å²) in [6, 6.07) is 4.37. The van der Waals surface area contributed by atoms with E-state index in [1.165, 1.54) is 19.1 Å². The van der Waals surface area contributed by atoms with Crippen LogP contribution < -0.4 is 4.74 Å². The highest BCUT2D eigenvalue weighted by Crippen LogP contribution is 2.35. The topological polar surface area (TPSA) is 144 Å². The number of halogens is 1. The predicted molar refractivity (Wildman–Crippen MR) is 108 cm³/mol. The van der Waals surface area contributed by atoms with Gasteiger partial charge in [-0.15, -0.1) is 0 Å². The zero-order chi connectivity index (χ0) is 24.0. The average molecular weight is 519 g/mol. The first kappa shape index (κ1) is 25.4. The van der Waals surface area contributed by atoms with Crippen molar-refractivity contribution in [3.05, 3.63) is 22.7 Å². The van der Waals surface area contributed by atoms with Crippen LogP contribution in [0.1, 0.15) is 27.7 Å². The van der Waals surface area contributed by atoms with Crippen LogP contribution in [0.25, 0.3) is 0 Å². The van der Waals surface area contributed by atoms with Crippen LogP contribution in [0.15, 0.2) is 22.7 Å². The van der Waals surface area contributed by atoms with Gasteiger partial charge in [-0.3, -0.25) is 19.2 Å². The maximum absolute atomic E-state index is 11.8. The first-order chi connectivity index (χ1) is 15.0. The third-order valence-corrected chi connectivity index (χ3v) is 4.61. The van der Waals surface area contributed by atoms with Gasteiger partial charge >= 0.3 is 23.9 Å². The van der Waals surface area contributed by atoms with E-state index in [9.17, 15) is 24.3 Å². The number of phenolic OH excluding ortho intramolecular Hbond substituents is 1. The van der Waals surface area contributed by atoms with Gasteiger partial charge in [-0.1, -0.05) is 15.9 Å². The second-order valence-electron chi connectivity index (χ2n) is 6.80. The zero-order valence-electron chi connectivity index (χ0n) is 17.7. The van der Waals surface area contributed by atoms with Crippen molar-refractivity contribution in [3.8, 4) is 11.5 Å². The van der Waals surface area contributed by atoms with E-state index in [-0.39, 0.29) is 18.1 Å². The van der Waals surface area contributed by atoms with Gasteiger partial charge < -0.3 is 33.5 Å². The molecule has 1 saturated heterocycles. The Balaban J connectivity index is 2.47. The molecule has 1 N–H and O–H groups in total. The summed E-state index contributed by atoms with van der Waals surface area (Å²) in [5.74, 6) is -3.19. The molecule has 0 aliphatic carbocycles. The molecule has 1 aliphatic heterocycles. The largest absolute Gasteiger partial charge is 0.504 e. The lowest BCUT2D eigenvalue weighted by Crippen LogP contribution is -2.63. The lowest BCUT2D eigenvalue weighted by Gasteiger charge is -2.43. The first-order valence-electron chi connectivity index (χ1n) is 9.43. The highest BCUT2D eigenvalue weighted by atomic mass is 79.9. The molecule has 0 bridgehead atoms. The Kier molecular flexibility index (Phi) is 8.84. The first-order valence-corrected chi connectivity index (χ1v) is 10.2. The summed E-state index contributed by atoms with van der Waals surface area (Å²) in [6.45, 7) is 4.14. The highest BCUT2D eigenvalue weighted by Gasteiger charge is 2.53. The van der Waals surface area contributed by atoms with Crippen molar-refractivity contribution in [1.29, 1.82) is 0 Å². The van der Waals surface area contributed by atoms with Crippen LogP contribution in [-0.2, 0) is 42.9 Å². The lowest BCUT2D eigenvalue weighted by atomic mass is 9.98. The molecule has 5 unspecified atom stereocenters. The Morgan fingerprint density at radius 1 is 0.906 bits per heavy atom. The number of phenols is 1. The SMILES string of the molecule is CC(=O)OCC1OC(Oc2ccc(Br)cc2O)C(OC(C)=O)C(OC(C)=O)C1OC(C)=O. The molecule has 12 heteroatoms. The van der Waals surface area contributed by atoms with E-state index in [1.54, 1.807) is 6.07 Å². The second kappa shape index (κ2) is 11.1.